The van der Waals surface area contributed by atoms with Gasteiger partial charge in [0.15, 0.2) is 0 Å². The molecule has 6 aliphatic carbocycles. The molecule has 4 saturated carbocycles. The number of rotatable bonds is 5. The topological polar surface area (TPSA) is 51.6 Å². The Balaban J connectivity index is 1.47. The first kappa shape index (κ1) is 23.8. The molecule has 4 nitrogen and oxygen atoms in total. The van der Waals surface area contributed by atoms with Crippen LogP contribution in [0.3, 0.4) is 0 Å². The fraction of sp³-hybridized carbons (Fsp3) is 0.419. The van der Waals surface area contributed by atoms with Gasteiger partial charge in [-0.1, -0.05) is 30.4 Å². The highest BCUT2D eigenvalue weighted by Gasteiger charge is 2.60. The van der Waals surface area contributed by atoms with Crippen molar-refractivity contribution in [2.24, 2.45) is 29.1 Å². The van der Waals surface area contributed by atoms with E-state index < -0.39 is 5.16 Å². The van der Waals surface area contributed by atoms with Gasteiger partial charge < -0.3 is 0 Å². The van der Waals surface area contributed by atoms with E-state index in [-0.39, 0.29) is 5.41 Å². The Kier molecular flexibility index (Phi) is 5.91. The quantitative estimate of drug-likeness (QED) is 0.426. The van der Waals surface area contributed by atoms with Crippen molar-refractivity contribution in [2.75, 3.05) is 6.16 Å². The smallest absolute Gasteiger partial charge is 0.0967 e. The first-order valence-corrected chi connectivity index (χ1v) is 15.0. The van der Waals surface area contributed by atoms with Crippen molar-refractivity contribution in [3.63, 3.8) is 0 Å². The van der Waals surface area contributed by atoms with Crippen molar-refractivity contribution in [1.29, 1.82) is 0 Å². The van der Waals surface area contributed by atoms with Crippen LogP contribution in [0.25, 0.3) is 0 Å². The molecule has 188 valence electrons. The molecule has 6 heteroatoms. The number of allylic oxidation sites excluding steroid dienone is 10. The lowest BCUT2D eigenvalue weighted by atomic mass is 9.43. The van der Waals surface area contributed by atoms with Gasteiger partial charge in [-0.25, -0.2) is 0 Å². The Morgan fingerprint density at radius 1 is 0.892 bits per heavy atom. The van der Waals surface area contributed by atoms with Gasteiger partial charge in [0.05, 0.1) is 28.9 Å². The second-order valence-corrected chi connectivity index (χ2v) is 13.0. The summed E-state index contributed by atoms with van der Waals surface area (Å²) in [5.41, 5.74) is 7.55. The second-order valence-electron chi connectivity index (χ2n) is 11.7. The molecule has 0 aromatic carbocycles. The summed E-state index contributed by atoms with van der Waals surface area (Å²) in [6, 6.07) is 0. The lowest BCUT2D eigenvalue weighted by molar-refractivity contribution is -0.0767. The van der Waals surface area contributed by atoms with Gasteiger partial charge in [-0.15, -0.1) is 18.5 Å². The molecule has 37 heavy (non-hydrogen) atoms. The van der Waals surface area contributed by atoms with E-state index in [1.54, 1.807) is 24.8 Å². The lowest BCUT2D eigenvalue weighted by Crippen LogP contribution is -2.54. The minimum absolute atomic E-state index is 0.200. The Hall–Kier alpha value is -2.28. The van der Waals surface area contributed by atoms with E-state index in [2.05, 4.69) is 64.9 Å². The monoisotopic (exact) mass is 524 g/mol. The summed E-state index contributed by atoms with van der Waals surface area (Å²) < 4.78 is 0. The van der Waals surface area contributed by atoms with E-state index >= 15 is 0 Å². The third kappa shape index (κ3) is 3.70. The highest BCUT2D eigenvalue weighted by Crippen LogP contribution is 2.69. The molecule has 2 aromatic rings. The van der Waals surface area contributed by atoms with E-state index in [1.807, 2.05) is 12.4 Å². The van der Waals surface area contributed by atoms with Crippen molar-refractivity contribution in [1.82, 2.24) is 19.9 Å². The molecule has 0 spiro atoms. The van der Waals surface area contributed by atoms with Crippen molar-refractivity contribution < 1.29 is 0 Å². The highest BCUT2D eigenvalue weighted by molar-refractivity contribution is 7.19. The van der Waals surface area contributed by atoms with Crippen molar-refractivity contribution >= 4 is 18.5 Å². The normalized spacial score (nSPS) is 34.1. The first-order valence-electron chi connectivity index (χ1n) is 13.6. The summed E-state index contributed by atoms with van der Waals surface area (Å²) >= 11 is 0. The maximum absolute atomic E-state index is 4.86. The Bertz CT molecular complexity index is 1300. The van der Waals surface area contributed by atoms with Crippen LogP contribution in [0.4, 0.5) is 0 Å². The minimum Gasteiger partial charge on any atom is -0.261 e. The molecule has 0 amide bonds. The summed E-state index contributed by atoms with van der Waals surface area (Å²) in [7, 11) is 6.30. The molecule has 4 fully saturated rings. The van der Waals surface area contributed by atoms with Crippen LogP contribution < -0.4 is 0 Å². The van der Waals surface area contributed by atoms with Gasteiger partial charge in [0, 0.05) is 24.8 Å². The average molecular weight is 525 g/mol. The molecule has 0 saturated heterocycles. The lowest BCUT2D eigenvalue weighted by Gasteiger charge is -2.62. The van der Waals surface area contributed by atoms with Crippen LogP contribution in [0.15, 0.2) is 95.9 Å². The van der Waals surface area contributed by atoms with Crippen LogP contribution >= 0.6 is 18.5 Å². The van der Waals surface area contributed by atoms with Crippen molar-refractivity contribution in [3.8, 4) is 0 Å². The standard InChI is InChI=1S/C31H34N4P2/c36-19-27-24-11-20-10-21(12-24)16-30(27,15-20)25-13-23(22-4-2-1-3-5-22)14-26(25)31(37,28-17-32-6-8-34-28)29-18-33-7-9-35-29/h1-4,6-9,13-14,17-18,20-21,24,27H,5,10-12,15-16,19,36-37H2. The summed E-state index contributed by atoms with van der Waals surface area (Å²) in [5.74, 6) is 3.25. The van der Waals surface area contributed by atoms with Crippen LogP contribution in [0.1, 0.15) is 49.9 Å². The van der Waals surface area contributed by atoms with Gasteiger partial charge in [-0.2, -0.15) is 0 Å². The molecule has 0 aliphatic heterocycles. The summed E-state index contributed by atoms with van der Waals surface area (Å²) in [6.07, 6.45) is 33.8. The number of hydrogen-bond donors (Lipinski definition) is 0. The molecule has 5 atom stereocenters. The van der Waals surface area contributed by atoms with E-state index in [9.17, 15) is 0 Å². The van der Waals surface area contributed by atoms with Gasteiger partial charge in [0.2, 0.25) is 0 Å². The number of aromatic nitrogens is 4. The molecule has 0 N–H and O–H groups in total. The van der Waals surface area contributed by atoms with Gasteiger partial charge in [-0.3, -0.25) is 19.9 Å². The molecule has 2 aromatic heterocycles. The molecular weight excluding hydrogens is 490 g/mol. The Morgan fingerprint density at radius 3 is 2.16 bits per heavy atom. The maximum Gasteiger partial charge on any atom is 0.0967 e. The Morgan fingerprint density at radius 2 is 1.59 bits per heavy atom. The zero-order chi connectivity index (χ0) is 25.0. The zero-order valence-corrected chi connectivity index (χ0v) is 23.4. The van der Waals surface area contributed by atoms with E-state index in [4.69, 9.17) is 9.97 Å². The van der Waals surface area contributed by atoms with Crippen LogP contribution in [0.2, 0.25) is 0 Å². The predicted octanol–water partition coefficient (Wildman–Crippen LogP) is 6.38. The summed E-state index contributed by atoms with van der Waals surface area (Å²) in [4.78, 5) is 18.7. The van der Waals surface area contributed by atoms with Gasteiger partial charge in [0.1, 0.15) is 0 Å². The van der Waals surface area contributed by atoms with Gasteiger partial charge in [0.25, 0.3) is 0 Å². The van der Waals surface area contributed by atoms with Gasteiger partial charge in [-0.05, 0) is 102 Å². The molecule has 2 heterocycles. The largest absolute Gasteiger partial charge is 0.261 e. The first-order chi connectivity index (χ1) is 18.1. The SMILES string of the molecule is PCC1C2CC3CC(C2)CC1(C1=CC(=C2C=CC=CC2)C=C1C(P)(c1cnccn1)c1cnccn1)C3. The summed E-state index contributed by atoms with van der Waals surface area (Å²) in [5, 5.41) is -0.625. The van der Waals surface area contributed by atoms with Crippen LogP contribution in [0, 0.1) is 29.1 Å². The van der Waals surface area contributed by atoms with Crippen LogP contribution in [-0.2, 0) is 5.16 Å². The van der Waals surface area contributed by atoms with Crippen LogP contribution in [-0.4, -0.2) is 26.1 Å². The van der Waals surface area contributed by atoms with Crippen LogP contribution in [0.5, 0.6) is 0 Å². The third-order valence-electron chi connectivity index (χ3n) is 9.82. The van der Waals surface area contributed by atoms with E-state index in [0.29, 0.717) is 5.92 Å². The Labute approximate surface area is 224 Å². The third-order valence-corrected chi connectivity index (χ3v) is 11.2. The molecule has 4 bridgehead atoms. The summed E-state index contributed by atoms with van der Waals surface area (Å²) in [6.45, 7) is 0. The second kappa shape index (κ2) is 9.18. The highest BCUT2D eigenvalue weighted by atomic mass is 31.0. The predicted molar refractivity (Wildman–Crippen MR) is 155 cm³/mol. The maximum atomic E-state index is 4.86. The number of nitrogens with zero attached hydrogens (tertiary/aromatic N) is 4. The van der Waals surface area contributed by atoms with Crippen molar-refractivity contribution in [2.45, 2.75) is 43.7 Å². The minimum atomic E-state index is -0.625. The zero-order valence-electron chi connectivity index (χ0n) is 21.1. The molecule has 0 radical (unpaired) electrons. The van der Waals surface area contributed by atoms with E-state index in [1.165, 1.54) is 60.6 Å². The van der Waals surface area contributed by atoms with E-state index in [0.717, 1.165) is 35.6 Å². The fourth-order valence-corrected chi connectivity index (χ4v) is 9.93. The fourth-order valence-electron chi connectivity index (χ4n) is 8.56. The molecular formula is C31H34N4P2. The average Bonchev–Trinajstić information content (AvgIpc) is 3.41. The molecule has 5 unspecified atom stereocenters. The number of hydrogen-bond acceptors (Lipinski definition) is 4. The molecule has 6 aliphatic rings. The van der Waals surface area contributed by atoms with Crippen molar-refractivity contribution in [3.05, 3.63) is 107 Å². The molecule has 8 rings (SSSR count). The van der Waals surface area contributed by atoms with Gasteiger partial charge >= 0.3 is 0 Å².